The molecule has 7 nitrogen and oxygen atoms in total. The number of rotatable bonds is 3. The number of nitrogens with zero attached hydrogens (tertiary/aromatic N) is 5. The number of hydrogen-bond acceptors (Lipinski definition) is 5. The highest BCUT2D eigenvalue weighted by molar-refractivity contribution is 5.94. The molecule has 1 aromatic carbocycles. The number of carbonyl (C=O) groups is 1. The third-order valence-electron chi connectivity index (χ3n) is 5.51. The molecule has 1 unspecified atom stereocenters. The van der Waals surface area contributed by atoms with E-state index in [1.165, 1.54) is 0 Å². The molecule has 0 radical (unpaired) electrons. The molecule has 9 heteroatoms. The summed E-state index contributed by atoms with van der Waals surface area (Å²) in [6.07, 6.45) is 3.63. The molecule has 0 aliphatic carbocycles. The Bertz CT molecular complexity index is 977. The fourth-order valence-corrected chi connectivity index (χ4v) is 3.79. The summed E-state index contributed by atoms with van der Waals surface area (Å²) in [5.41, 5.74) is 8.80. The van der Waals surface area contributed by atoms with Crippen LogP contribution in [-0.2, 0) is 0 Å². The highest BCUT2D eigenvalue weighted by Gasteiger charge is 2.28. The van der Waals surface area contributed by atoms with Gasteiger partial charge in [0.1, 0.15) is 0 Å². The predicted octanol–water partition coefficient (Wildman–Crippen LogP) is 3.17. The third-order valence-corrected chi connectivity index (χ3v) is 5.51. The molecule has 1 saturated heterocycles. The van der Waals surface area contributed by atoms with Crippen LogP contribution < -0.4 is 5.73 Å². The van der Waals surface area contributed by atoms with Crippen LogP contribution in [0.25, 0.3) is 16.6 Å². The largest absolute Gasteiger partial charge is 0.337 e. The summed E-state index contributed by atoms with van der Waals surface area (Å²) in [7, 11) is 0. The predicted molar refractivity (Wildman–Crippen MR) is 118 cm³/mol. The molecule has 0 spiro atoms. The van der Waals surface area contributed by atoms with Crippen LogP contribution in [0.1, 0.15) is 35.9 Å². The van der Waals surface area contributed by atoms with Gasteiger partial charge in [-0.25, -0.2) is 4.68 Å². The molecular formula is C20H26Cl2N6O. The van der Waals surface area contributed by atoms with Gasteiger partial charge in [-0.15, -0.1) is 29.9 Å². The summed E-state index contributed by atoms with van der Waals surface area (Å²) in [5.74, 6) is 0.419. The van der Waals surface area contributed by atoms with Gasteiger partial charge in [0.15, 0.2) is 5.69 Å². The van der Waals surface area contributed by atoms with Crippen molar-refractivity contribution in [3.05, 3.63) is 47.9 Å². The molecule has 156 valence electrons. The Kier molecular flexibility index (Phi) is 7.57. The van der Waals surface area contributed by atoms with Crippen LogP contribution in [0.2, 0.25) is 0 Å². The monoisotopic (exact) mass is 436 g/mol. The van der Waals surface area contributed by atoms with Gasteiger partial charge in [-0.05, 0) is 44.7 Å². The fraction of sp³-hybridized carbons (Fsp3) is 0.400. The number of amides is 1. The second-order valence-corrected chi connectivity index (χ2v) is 7.28. The first kappa shape index (κ1) is 23.1. The quantitative estimate of drug-likeness (QED) is 0.680. The van der Waals surface area contributed by atoms with E-state index >= 15 is 0 Å². The maximum atomic E-state index is 13.0. The van der Waals surface area contributed by atoms with Crippen molar-refractivity contribution in [3.63, 3.8) is 0 Å². The number of likely N-dealkylation sites (tertiary alicyclic amines) is 1. The molecule has 1 atom stereocenters. The number of nitrogens with two attached hydrogens (primary N) is 1. The number of hydrogen-bond donors (Lipinski definition) is 1. The highest BCUT2D eigenvalue weighted by atomic mass is 35.5. The molecule has 0 bridgehead atoms. The normalized spacial score (nSPS) is 15.5. The zero-order chi connectivity index (χ0) is 19.0. The van der Waals surface area contributed by atoms with E-state index in [0.717, 1.165) is 35.1 Å². The highest BCUT2D eigenvalue weighted by Crippen LogP contribution is 2.24. The third kappa shape index (κ3) is 4.37. The topological polar surface area (TPSA) is 89.9 Å². The van der Waals surface area contributed by atoms with Crippen LogP contribution in [0.15, 0.2) is 36.5 Å². The first-order valence-corrected chi connectivity index (χ1v) is 9.37. The van der Waals surface area contributed by atoms with E-state index in [1.807, 2.05) is 49.1 Å². The second kappa shape index (κ2) is 9.52. The lowest BCUT2D eigenvalue weighted by Gasteiger charge is -2.33. The van der Waals surface area contributed by atoms with Crippen molar-refractivity contribution >= 4 is 41.6 Å². The van der Waals surface area contributed by atoms with E-state index in [-0.39, 0.29) is 36.8 Å². The van der Waals surface area contributed by atoms with Crippen molar-refractivity contribution in [2.45, 2.75) is 32.7 Å². The van der Waals surface area contributed by atoms with Crippen molar-refractivity contribution in [2.24, 2.45) is 11.7 Å². The molecule has 29 heavy (non-hydrogen) atoms. The van der Waals surface area contributed by atoms with Gasteiger partial charge in [0.05, 0.1) is 16.9 Å². The average molecular weight is 437 g/mol. The van der Waals surface area contributed by atoms with Gasteiger partial charge in [0.2, 0.25) is 0 Å². The molecule has 1 aliphatic heterocycles. The summed E-state index contributed by atoms with van der Waals surface area (Å²) in [6, 6.07) is 9.99. The maximum Gasteiger partial charge on any atom is 0.276 e. The first-order chi connectivity index (χ1) is 13.1. The van der Waals surface area contributed by atoms with E-state index in [2.05, 4.69) is 15.3 Å². The van der Waals surface area contributed by atoms with Gasteiger partial charge >= 0.3 is 0 Å². The van der Waals surface area contributed by atoms with Crippen LogP contribution in [0.5, 0.6) is 0 Å². The number of halogens is 2. The van der Waals surface area contributed by atoms with Crippen LogP contribution >= 0.6 is 24.8 Å². The Balaban J connectivity index is 0.00000150. The van der Waals surface area contributed by atoms with Crippen molar-refractivity contribution in [1.29, 1.82) is 0 Å². The van der Waals surface area contributed by atoms with E-state index in [4.69, 9.17) is 5.73 Å². The van der Waals surface area contributed by atoms with Gasteiger partial charge in [0, 0.05) is 30.7 Å². The SMILES string of the molecule is Cc1c(C(=O)N2CCC(C(C)N)CC2)nnn1-c1cccc2cccnc12.Cl.Cl. The molecule has 1 amide bonds. The Morgan fingerprint density at radius 3 is 2.55 bits per heavy atom. The molecule has 2 aromatic heterocycles. The van der Waals surface area contributed by atoms with Crippen molar-refractivity contribution in [1.82, 2.24) is 24.9 Å². The minimum atomic E-state index is -0.0601. The second-order valence-electron chi connectivity index (χ2n) is 7.28. The zero-order valence-corrected chi connectivity index (χ0v) is 18.1. The van der Waals surface area contributed by atoms with Crippen LogP contribution in [0, 0.1) is 12.8 Å². The molecule has 1 aliphatic rings. The number of carbonyl (C=O) groups excluding carboxylic acids is 1. The Morgan fingerprint density at radius 1 is 1.17 bits per heavy atom. The van der Waals surface area contributed by atoms with E-state index in [9.17, 15) is 4.79 Å². The number of para-hydroxylation sites is 1. The summed E-state index contributed by atoms with van der Waals surface area (Å²) in [5, 5.41) is 9.48. The van der Waals surface area contributed by atoms with Crippen LogP contribution in [-0.4, -0.2) is 49.9 Å². The van der Waals surface area contributed by atoms with Crippen molar-refractivity contribution in [3.8, 4) is 5.69 Å². The minimum Gasteiger partial charge on any atom is -0.337 e. The van der Waals surface area contributed by atoms with Gasteiger partial charge in [-0.3, -0.25) is 9.78 Å². The number of benzene rings is 1. The Labute approximate surface area is 182 Å². The minimum absolute atomic E-state index is 0. The summed E-state index contributed by atoms with van der Waals surface area (Å²) < 4.78 is 1.71. The van der Waals surface area contributed by atoms with Crippen LogP contribution in [0.3, 0.4) is 0 Å². The molecule has 2 N–H and O–H groups in total. The number of aromatic nitrogens is 4. The first-order valence-electron chi connectivity index (χ1n) is 9.37. The summed E-state index contributed by atoms with van der Waals surface area (Å²) >= 11 is 0. The lowest BCUT2D eigenvalue weighted by atomic mass is 9.91. The van der Waals surface area contributed by atoms with E-state index < -0.39 is 0 Å². The van der Waals surface area contributed by atoms with Gasteiger partial charge in [-0.1, -0.05) is 23.4 Å². The molecule has 3 heterocycles. The molecule has 4 rings (SSSR count). The fourth-order valence-electron chi connectivity index (χ4n) is 3.79. The van der Waals surface area contributed by atoms with Crippen molar-refractivity contribution in [2.75, 3.05) is 13.1 Å². The molecule has 0 saturated carbocycles. The Hall–Kier alpha value is -2.22. The van der Waals surface area contributed by atoms with Crippen molar-refractivity contribution < 1.29 is 4.79 Å². The lowest BCUT2D eigenvalue weighted by Crippen LogP contribution is -2.42. The maximum absolute atomic E-state index is 13.0. The number of fused-ring (bicyclic) bond motifs is 1. The van der Waals surface area contributed by atoms with Gasteiger partial charge in [0.25, 0.3) is 5.91 Å². The van der Waals surface area contributed by atoms with E-state index in [0.29, 0.717) is 24.7 Å². The Morgan fingerprint density at radius 2 is 1.86 bits per heavy atom. The average Bonchev–Trinajstić information content (AvgIpc) is 3.08. The zero-order valence-electron chi connectivity index (χ0n) is 16.5. The van der Waals surface area contributed by atoms with Gasteiger partial charge in [-0.2, -0.15) is 0 Å². The van der Waals surface area contributed by atoms with Gasteiger partial charge < -0.3 is 10.6 Å². The smallest absolute Gasteiger partial charge is 0.276 e. The summed E-state index contributed by atoms with van der Waals surface area (Å²) in [4.78, 5) is 19.3. The standard InChI is InChI=1S/C20H24N6O.2ClH/c1-13(21)15-8-11-25(12-9-15)20(27)18-14(2)26(24-23-18)17-7-3-5-16-6-4-10-22-19(16)17;;/h3-7,10,13,15H,8-9,11-12,21H2,1-2H3;2*1H. The molecule has 3 aromatic rings. The van der Waals surface area contributed by atoms with E-state index in [1.54, 1.807) is 10.9 Å². The molecular weight excluding hydrogens is 411 g/mol. The molecule has 1 fully saturated rings. The number of pyridine rings is 1. The lowest BCUT2D eigenvalue weighted by molar-refractivity contribution is 0.0674. The number of piperidine rings is 1. The summed E-state index contributed by atoms with van der Waals surface area (Å²) in [6.45, 7) is 5.35. The van der Waals surface area contributed by atoms with Crippen LogP contribution in [0.4, 0.5) is 0 Å².